The van der Waals surface area contributed by atoms with Crippen molar-refractivity contribution >= 4 is 46.3 Å². The van der Waals surface area contributed by atoms with Gasteiger partial charge in [-0.1, -0.05) is 44.2 Å². The first-order valence-electron chi connectivity index (χ1n) is 14.0. The summed E-state index contributed by atoms with van der Waals surface area (Å²) in [6, 6.07) is 12.8. The fourth-order valence-corrected chi connectivity index (χ4v) is 4.89. The summed E-state index contributed by atoms with van der Waals surface area (Å²) < 4.78 is 23.8. The molecule has 1 unspecified atom stereocenters. The van der Waals surface area contributed by atoms with Crippen molar-refractivity contribution in [2.75, 3.05) is 24.4 Å². The number of fused-ring (bicyclic) bond motifs is 3. The van der Waals surface area contributed by atoms with E-state index >= 15 is 0 Å². The normalized spacial score (nSPS) is 14.5. The monoisotopic (exact) mass is 600 g/mol. The first-order valence-corrected chi connectivity index (χ1v) is 14.5. The third-order valence-electron chi connectivity index (χ3n) is 6.18. The van der Waals surface area contributed by atoms with Gasteiger partial charge in [0.15, 0.2) is 0 Å². The largest absolute Gasteiger partial charge is 0.487 e. The van der Waals surface area contributed by atoms with Crippen molar-refractivity contribution in [2.45, 2.75) is 79.1 Å². The number of benzene rings is 2. The van der Waals surface area contributed by atoms with Crippen molar-refractivity contribution in [1.29, 1.82) is 0 Å². The lowest BCUT2D eigenvalue weighted by molar-refractivity contribution is 0.0489. The number of methoxy groups -OCH3 is 1. The number of ether oxygens (including phenoxy) is 4. The van der Waals surface area contributed by atoms with Gasteiger partial charge in [0.05, 0.1) is 12.8 Å². The van der Waals surface area contributed by atoms with E-state index in [1.54, 1.807) is 53.7 Å². The molecule has 1 aliphatic heterocycles. The molecular weight excluding hydrogens is 560 g/mol. The van der Waals surface area contributed by atoms with E-state index in [4.69, 9.17) is 30.5 Å². The van der Waals surface area contributed by atoms with Gasteiger partial charge < -0.3 is 18.9 Å². The van der Waals surface area contributed by atoms with Gasteiger partial charge in [0.2, 0.25) is 0 Å². The van der Waals surface area contributed by atoms with E-state index in [1.165, 1.54) is 16.6 Å². The van der Waals surface area contributed by atoms with Crippen LogP contribution in [0.5, 0.6) is 5.75 Å². The number of anilines is 1. The van der Waals surface area contributed by atoms with Crippen LogP contribution in [0.1, 0.15) is 82.9 Å². The molecule has 0 saturated carbocycles. The van der Waals surface area contributed by atoms with Crippen molar-refractivity contribution in [3.63, 3.8) is 0 Å². The molecular formula is C32H41ClN2O7. The summed E-state index contributed by atoms with van der Waals surface area (Å²) in [5.41, 5.74) is 0.866. The Morgan fingerprint density at radius 3 is 2.07 bits per heavy atom. The quantitative estimate of drug-likeness (QED) is 0.167. The summed E-state index contributed by atoms with van der Waals surface area (Å²) >= 11 is 6.41. The molecule has 0 fully saturated rings. The topological polar surface area (TPSA) is 96.3 Å². The van der Waals surface area contributed by atoms with E-state index < -0.39 is 29.4 Å². The number of halogens is 1. The maximum atomic E-state index is 13.6. The second-order valence-electron chi connectivity index (χ2n) is 11.6. The lowest BCUT2D eigenvalue weighted by atomic mass is 9.98. The Hall–Kier alpha value is -3.72. The zero-order valence-electron chi connectivity index (χ0n) is 25.9. The molecule has 2 heterocycles. The minimum atomic E-state index is -0.838. The van der Waals surface area contributed by atoms with Crippen LogP contribution in [0.3, 0.4) is 0 Å². The van der Waals surface area contributed by atoms with Gasteiger partial charge in [-0.15, -0.1) is 11.6 Å². The number of carbonyl (C=O) groups excluding carboxylic acids is 3. The number of alkyl halides is 1. The second kappa shape index (κ2) is 13.1. The molecule has 1 aliphatic rings. The number of nitrogens with zero attached hydrogens (tertiary/aromatic N) is 2. The first-order chi connectivity index (χ1) is 19.7. The molecule has 42 heavy (non-hydrogen) atoms. The summed E-state index contributed by atoms with van der Waals surface area (Å²) in [7, 11) is 1.24. The van der Waals surface area contributed by atoms with E-state index in [2.05, 4.69) is 0 Å². The molecule has 0 radical (unpaired) electrons. The fourth-order valence-electron chi connectivity index (χ4n) is 4.64. The molecule has 228 valence electrons. The SMILES string of the molecule is CC.COC(=O)c1cc2c3c(cc(OCc4ccccc4)c2n1C(=O)OC(C)(C)C)N(C(=O)OC(C)(C)C)CC3CCl. The number of hydrogen-bond acceptors (Lipinski definition) is 7. The predicted molar refractivity (Wildman–Crippen MR) is 164 cm³/mol. The number of esters is 1. The van der Waals surface area contributed by atoms with Crippen LogP contribution >= 0.6 is 11.6 Å². The van der Waals surface area contributed by atoms with Crippen molar-refractivity contribution < 1.29 is 33.3 Å². The van der Waals surface area contributed by atoms with Crippen LogP contribution in [0.15, 0.2) is 42.5 Å². The summed E-state index contributed by atoms with van der Waals surface area (Å²) in [6.45, 7) is 15.0. The third kappa shape index (κ3) is 7.18. The van der Waals surface area contributed by atoms with Gasteiger partial charge in [-0.2, -0.15) is 0 Å². The molecule has 9 nitrogen and oxygen atoms in total. The van der Waals surface area contributed by atoms with E-state index in [0.29, 0.717) is 22.2 Å². The van der Waals surface area contributed by atoms with Crippen LogP contribution < -0.4 is 9.64 Å². The predicted octanol–water partition coefficient (Wildman–Crippen LogP) is 7.89. The average Bonchev–Trinajstić information content (AvgIpc) is 3.50. The Bertz CT molecular complexity index is 1440. The molecule has 0 spiro atoms. The molecule has 2 aromatic carbocycles. The molecule has 0 aliphatic carbocycles. The zero-order valence-corrected chi connectivity index (χ0v) is 26.6. The van der Waals surface area contributed by atoms with Crippen LogP contribution in [0, 0.1) is 0 Å². The van der Waals surface area contributed by atoms with Crippen LogP contribution in [0.2, 0.25) is 0 Å². The molecule has 1 atom stereocenters. The molecule has 3 aromatic rings. The molecule has 1 aromatic heterocycles. The van der Waals surface area contributed by atoms with Crippen molar-refractivity contribution in [3.8, 4) is 5.75 Å². The number of rotatable bonds is 5. The van der Waals surface area contributed by atoms with Gasteiger partial charge in [0, 0.05) is 29.8 Å². The smallest absolute Gasteiger partial charge is 0.419 e. The molecule has 0 bridgehead atoms. The van der Waals surface area contributed by atoms with E-state index in [0.717, 1.165) is 5.56 Å². The summed E-state index contributed by atoms with van der Waals surface area (Å²) in [5.74, 6) is -0.553. The minimum absolute atomic E-state index is 0.0336. The first kappa shape index (κ1) is 32.8. The Kier molecular flexibility index (Phi) is 10.2. The molecule has 0 N–H and O–H groups in total. The average molecular weight is 601 g/mol. The lowest BCUT2D eigenvalue weighted by Gasteiger charge is -2.25. The van der Waals surface area contributed by atoms with E-state index in [1.807, 2.05) is 44.2 Å². The van der Waals surface area contributed by atoms with Crippen LogP contribution in [-0.2, 0) is 20.8 Å². The van der Waals surface area contributed by atoms with E-state index in [-0.39, 0.29) is 36.4 Å². The highest BCUT2D eigenvalue weighted by molar-refractivity contribution is 6.19. The molecule has 0 saturated heterocycles. The summed E-state index contributed by atoms with van der Waals surface area (Å²) in [4.78, 5) is 41.3. The Labute approximate surface area is 252 Å². The summed E-state index contributed by atoms with van der Waals surface area (Å²) in [5, 5.41) is 0.531. The maximum absolute atomic E-state index is 13.6. The van der Waals surface area contributed by atoms with Crippen molar-refractivity contribution in [3.05, 3.63) is 59.3 Å². The van der Waals surface area contributed by atoms with Crippen LogP contribution in [0.4, 0.5) is 15.3 Å². The van der Waals surface area contributed by atoms with Gasteiger partial charge in [0.1, 0.15) is 34.8 Å². The Morgan fingerprint density at radius 1 is 0.929 bits per heavy atom. The van der Waals surface area contributed by atoms with Gasteiger partial charge >= 0.3 is 18.2 Å². The third-order valence-corrected chi connectivity index (χ3v) is 6.55. The zero-order chi connectivity index (χ0) is 31.4. The molecule has 1 amide bonds. The van der Waals surface area contributed by atoms with Crippen LogP contribution in [0.25, 0.3) is 10.9 Å². The maximum Gasteiger partial charge on any atom is 0.419 e. The standard InChI is InChI=1S/C30H35ClN2O7.C2H6/c1-29(2,3)39-27(35)32-16-19(15-31)24-20-13-22(26(34)37-7)33(28(36)40-30(4,5)6)25(20)23(14-21(24)32)38-17-18-11-9-8-10-12-18;1-2/h8-14,19H,15-17H2,1-7H3;1-2H3. The van der Waals surface area contributed by atoms with Gasteiger partial charge in [-0.25, -0.2) is 19.0 Å². The fraction of sp³-hybridized carbons (Fsp3) is 0.469. The van der Waals surface area contributed by atoms with Gasteiger partial charge in [0.25, 0.3) is 0 Å². The van der Waals surface area contributed by atoms with Crippen molar-refractivity contribution in [1.82, 2.24) is 4.57 Å². The van der Waals surface area contributed by atoms with Gasteiger partial charge in [-0.05, 0) is 58.7 Å². The highest BCUT2D eigenvalue weighted by Crippen LogP contribution is 2.47. The van der Waals surface area contributed by atoms with Gasteiger partial charge in [-0.3, -0.25) is 4.90 Å². The molecule has 10 heteroatoms. The highest BCUT2D eigenvalue weighted by atomic mass is 35.5. The minimum Gasteiger partial charge on any atom is -0.487 e. The highest BCUT2D eigenvalue weighted by Gasteiger charge is 2.39. The van der Waals surface area contributed by atoms with Crippen molar-refractivity contribution in [2.24, 2.45) is 0 Å². The number of amides is 1. The number of aromatic nitrogens is 1. The number of hydrogen-bond donors (Lipinski definition) is 0. The van der Waals surface area contributed by atoms with E-state index in [9.17, 15) is 14.4 Å². The lowest BCUT2D eigenvalue weighted by Crippen LogP contribution is -2.36. The van der Waals surface area contributed by atoms with Crippen LogP contribution in [-0.4, -0.2) is 53.5 Å². The summed E-state index contributed by atoms with van der Waals surface area (Å²) in [6.07, 6.45) is -1.30. The second-order valence-corrected chi connectivity index (χ2v) is 11.9. The Balaban J connectivity index is 0.00000237. The number of carbonyl (C=O) groups is 3. The molecule has 4 rings (SSSR count). The Morgan fingerprint density at radius 2 is 1.52 bits per heavy atom.